The summed E-state index contributed by atoms with van der Waals surface area (Å²) in [5.41, 5.74) is 3.02. The number of benzene rings is 2. The minimum atomic E-state index is -0.733. The van der Waals surface area contributed by atoms with Crippen LogP contribution in [0.2, 0.25) is 0 Å². The molecule has 88 valence electrons. The van der Waals surface area contributed by atoms with Crippen molar-refractivity contribution in [3.8, 4) is 0 Å². The monoisotopic (exact) mass is 236 g/mol. The van der Waals surface area contributed by atoms with E-state index in [0.717, 1.165) is 16.6 Å². The molecule has 1 heterocycles. The van der Waals surface area contributed by atoms with Gasteiger partial charge in [0.05, 0.1) is 22.9 Å². The Labute approximate surface area is 105 Å². The summed E-state index contributed by atoms with van der Waals surface area (Å²) in [7, 11) is 0. The van der Waals surface area contributed by atoms with Gasteiger partial charge in [0.15, 0.2) is 0 Å². The van der Waals surface area contributed by atoms with E-state index < -0.39 is 6.10 Å². The normalized spacial score (nSPS) is 12.5. The number of aliphatic hydroxyl groups is 1. The summed E-state index contributed by atoms with van der Waals surface area (Å²) in [6.07, 6.45) is 0.892. The summed E-state index contributed by atoms with van der Waals surface area (Å²) in [5, 5.41) is 10.2. The first-order valence-electron chi connectivity index (χ1n) is 5.79. The SMILES string of the molecule is OC(c1ccccc1)c1cnc2ccccc2n1. The molecule has 0 aliphatic carbocycles. The molecule has 0 saturated carbocycles. The lowest BCUT2D eigenvalue weighted by Crippen LogP contribution is -2.03. The molecule has 1 unspecified atom stereocenters. The van der Waals surface area contributed by atoms with Crippen LogP contribution in [0.3, 0.4) is 0 Å². The number of hydrogen-bond donors (Lipinski definition) is 1. The predicted molar refractivity (Wildman–Crippen MR) is 70.0 cm³/mol. The van der Waals surface area contributed by atoms with Gasteiger partial charge in [-0.3, -0.25) is 4.98 Å². The molecule has 1 atom stereocenters. The lowest BCUT2D eigenvalue weighted by molar-refractivity contribution is 0.215. The number of rotatable bonds is 2. The van der Waals surface area contributed by atoms with Gasteiger partial charge in [-0.15, -0.1) is 0 Å². The van der Waals surface area contributed by atoms with Crippen molar-refractivity contribution in [2.75, 3.05) is 0 Å². The highest BCUT2D eigenvalue weighted by atomic mass is 16.3. The Morgan fingerprint density at radius 1 is 0.833 bits per heavy atom. The molecule has 1 N–H and O–H groups in total. The molecular weight excluding hydrogens is 224 g/mol. The van der Waals surface area contributed by atoms with Crippen LogP contribution in [0, 0.1) is 0 Å². The van der Waals surface area contributed by atoms with Gasteiger partial charge in [-0.05, 0) is 17.7 Å². The molecule has 0 aliphatic heterocycles. The van der Waals surface area contributed by atoms with Crippen LogP contribution in [-0.4, -0.2) is 15.1 Å². The third kappa shape index (κ3) is 1.96. The van der Waals surface area contributed by atoms with E-state index in [0.29, 0.717) is 5.69 Å². The molecule has 18 heavy (non-hydrogen) atoms. The van der Waals surface area contributed by atoms with Crippen LogP contribution < -0.4 is 0 Å². The molecule has 0 aliphatic rings. The Morgan fingerprint density at radius 3 is 2.28 bits per heavy atom. The Kier molecular flexibility index (Phi) is 2.74. The van der Waals surface area contributed by atoms with E-state index in [2.05, 4.69) is 9.97 Å². The summed E-state index contributed by atoms with van der Waals surface area (Å²) >= 11 is 0. The molecule has 0 saturated heterocycles. The third-order valence-corrected chi connectivity index (χ3v) is 2.86. The molecule has 0 spiro atoms. The van der Waals surface area contributed by atoms with Gasteiger partial charge in [-0.1, -0.05) is 42.5 Å². The van der Waals surface area contributed by atoms with E-state index in [4.69, 9.17) is 0 Å². The van der Waals surface area contributed by atoms with Crippen LogP contribution in [0.15, 0.2) is 60.8 Å². The highest BCUT2D eigenvalue weighted by Gasteiger charge is 2.12. The zero-order chi connectivity index (χ0) is 12.4. The minimum absolute atomic E-state index is 0.569. The van der Waals surface area contributed by atoms with Crippen LogP contribution in [0.5, 0.6) is 0 Å². The first-order valence-corrected chi connectivity index (χ1v) is 5.79. The van der Waals surface area contributed by atoms with Crippen molar-refractivity contribution in [2.24, 2.45) is 0 Å². The van der Waals surface area contributed by atoms with Gasteiger partial charge in [0.2, 0.25) is 0 Å². The van der Waals surface area contributed by atoms with Gasteiger partial charge in [0.25, 0.3) is 0 Å². The van der Waals surface area contributed by atoms with E-state index >= 15 is 0 Å². The second kappa shape index (κ2) is 4.55. The molecule has 2 aromatic carbocycles. The van der Waals surface area contributed by atoms with E-state index in [1.807, 2.05) is 54.6 Å². The summed E-state index contributed by atoms with van der Waals surface area (Å²) in [4.78, 5) is 8.74. The molecule has 3 aromatic rings. The van der Waals surface area contributed by atoms with E-state index in [9.17, 15) is 5.11 Å². The van der Waals surface area contributed by atoms with E-state index in [1.54, 1.807) is 6.20 Å². The molecule has 1 aromatic heterocycles. The summed E-state index contributed by atoms with van der Waals surface area (Å²) in [5.74, 6) is 0. The largest absolute Gasteiger partial charge is 0.382 e. The summed E-state index contributed by atoms with van der Waals surface area (Å²) < 4.78 is 0. The first kappa shape index (κ1) is 10.9. The maximum atomic E-state index is 10.2. The van der Waals surface area contributed by atoms with Crippen LogP contribution in [0.1, 0.15) is 17.4 Å². The predicted octanol–water partition coefficient (Wildman–Crippen LogP) is 2.71. The molecular formula is C15H12N2O. The average Bonchev–Trinajstić information content (AvgIpc) is 2.47. The van der Waals surface area contributed by atoms with Gasteiger partial charge in [0, 0.05) is 0 Å². The van der Waals surface area contributed by atoms with Crippen molar-refractivity contribution in [2.45, 2.75) is 6.10 Å². The van der Waals surface area contributed by atoms with Gasteiger partial charge >= 0.3 is 0 Å². The van der Waals surface area contributed by atoms with Crippen LogP contribution >= 0.6 is 0 Å². The number of para-hydroxylation sites is 2. The number of hydrogen-bond acceptors (Lipinski definition) is 3. The Morgan fingerprint density at radius 2 is 1.50 bits per heavy atom. The van der Waals surface area contributed by atoms with Crippen molar-refractivity contribution >= 4 is 11.0 Å². The molecule has 3 nitrogen and oxygen atoms in total. The minimum Gasteiger partial charge on any atom is -0.382 e. The number of aliphatic hydroxyl groups excluding tert-OH is 1. The number of fused-ring (bicyclic) bond motifs is 1. The van der Waals surface area contributed by atoms with E-state index in [-0.39, 0.29) is 0 Å². The lowest BCUT2D eigenvalue weighted by Gasteiger charge is -2.10. The van der Waals surface area contributed by atoms with Gasteiger partial charge in [0.1, 0.15) is 6.10 Å². The average molecular weight is 236 g/mol. The number of nitrogens with zero attached hydrogens (tertiary/aromatic N) is 2. The highest BCUT2D eigenvalue weighted by molar-refractivity contribution is 5.73. The Hall–Kier alpha value is -2.26. The third-order valence-electron chi connectivity index (χ3n) is 2.86. The van der Waals surface area contributed by atoms with Gasteiger partial charge in [-0.25, -0.2) is 4.98 Å². The first-order chi connectivity index (χ1) is 8.84. The summed E-state index contributed by atoms with van der Waals surface area (Å²) in [6, 6.07) is 17.1. The molecule has 0 bridgehead atoms. The fourth-order valence-corrected chi connectivity index (χ4v) is 1.91. The highest BCUT2D eigenvalue weighted by Crippen LogP contribution is 2.20. The van der Waals surface area contributed by atoms with E-state index in [1.165, 1.54) is 0 Å². The summed E-state index contributed by atoms with van der Waals surface area (Å²) in [6.45, 7) is 0. The van der Waals surface area contributed by atoms with Gasteiger partial charge in [-0.2, -0.15) is 0 Å². The quantitative estimate of drug-likeness (QED) is 0.744. The van der Waals surface area contributed by atoms with Crippen molar-refractivity contribution in [3.63, 3.8) is 0 Å². The lowest BCUT2D eigenvalue weighted by atomic mass is 10.1. The van der Waals surface area contributed by atoms with Crippen molar-refractivity contribution in [3.05, 3.63) is 72.1 Å². The molecule has 3 rings (SSSR count). The van der Waals surface area contributed by atoms with Crippen molar-refractivity contribution in [1.29, 1.82) is 0 Å². The van der Waals surface area contributed by atoms with Crippen LogP contribution in [-0.2, 0) is 0 Å². The fraction of sp³-hybridized carbons (Fsp3) is 0.0667. The standard InChI is InChI=1S/C15H12N2O/c18-15(11-6-2-1-3-7-11)14-10-16-12-8-4-5-9-13(12)17-14/h1-10,15,18H. The maximum Gasteiger partial charge on any atom is 0.123 e. The zero-order valence-electron chi connectivity index (χ0n) is 9.69. The van der Waals surface area contributed by atoms with Crippen LogP contribution in [0.4, 0.5) is 0 Å². The second-order valence-electron chi connectivity index (χ2n) is 4.10. The number of aromatic nitrogens is 2. The zero-order valence-corrected chi connectivity index (χ0v) is 9.69. The molecule has 0 amide bonds. The molecule has 0 fully saturated rings. The van der Waals surface area contributed by atoms with Gasteiger partial charge < -0.3 is 5.11 Å². The molecule has 3 heteroatoms. The molecule has 0 radical (unpaired) electrons. The van der Waals surface area contributed by atoms with Crippen LogP contribution in [0.25, 0.3) is 11.0 Å². The van der Waals surface area contributed by atoms with Crippen molar-refractivity contribution in [1.82, 2.24) is 9.97 Å². The smallest absolute Gasteiger partial charge is 0.123 e. The Balaban J connectivity index is 2.04. The fourth-order valence-electron chi connectivity index (χ4n) is 1.91. The van der Waals surface area contributed by atoms with Crippen molar-refractivity contribution < 1.29 is 5.11 Å². The Bertz CT molecular complexity index is 667. The maximum absolute atomic E-state index is 10.2. The second-order valence-corrected chi connectivity index (χ2v) is 4.10. The topological polar surface area (TPSA) is 46.0 Å².